The van der Waals surface area contributed by atoms with E-state index in [1.807, 2.05) is 31.2 Å². The summed E-state index contributed by atoms with van der Waals surface area (Å²) < 4.78 is 40.8. The van der Waals surface area contributed by atoms with Crippen LogP contribution < -0.4 is 22.1 Å². The van der Waals surface area contributed by atoms with Gasteiger partial charge in [-0.2, -0.15) is 13.2 Å². The summed E-state index contributed by atoms with van der Waals surface area (Å²) in [5.74, 6) is 0.823. The maximum absolute atomic E-state index is 13.6. The van der Waals surface area contributed by atoms with E-state index in [9.17, 15) is 13.2 Å². The molecule has 1 atom stereocenters. The molecule has 1 unspecified atom stereocenters. The van der Waals surface area contributed by atoms with E-state index < -0.39 is 11.7 Å². The van der Waals surface area contributed by atoms with Crippen LogP contribution in [0.3, 0.4) is 0 Å². The second kappa shape index (κ2) is 9.16. The molecule has 5 nitrogen and oxygen atoms in total. The van der Waals surface area contributed by atoms with Crippen LogP contribution in [0.1, 0.15) is 48.6 Å². The number of alkyl halides is 3. The van der Waals surface area contributed by atoms with Crippen molar-refractivity contribution in [2.75, 3.05) is 6.54 Å². The van der Waals surface area contributed by atoms with Gasteiger partial charge in [0.2, 0.25) is 0 Å². The third-order valence-corrected chi connectivity index (χ3v) is 4.99. The van der Waals surface area contributed by atoms with E-state index in [2.05, 4.69) is 15.6 Å². The van der Waals surface area contributed by atoms with Gasteiger partial charge in [0.1, 0.15) is 17.5 Å². The zero-order chi connectivity index (χ0) is 22.6. The van der Waals surface area contributed by atoms with Gasteiger partial charge < -0.3 is 22.1 Å². The van der Waals surface area contributed by atoms with E-state index >= 15 is 0 Å². The highest BCUT2D eigenvalue weighted by Crippen LogP contribution is 2.36. The molecule has 0 spiro atoms. The lowest BCUT2D eigenvalue weighted by molar-refractivity contribution is -0.137. The lowest BCUT2D eigenvalue weighted by Crippen LogP contribution is -2.28. The van der Waals surface area contributed by atoms with E-state index in [0.29, 0.717) is 12.4 Å². The zero-order valence-electron chi connectivity index (χ0n) is 17.4. The monoisotopic (exact) mass is 429 g/mol. The molecule has 1 heterocycles. The fourth-order valence-corrected chi connectivity index (χ4v) is 3.59. The number of aliphatic imine (C=N–C) groups is 1. The summed E-state index contributed by atoms with van der Waals surface area (Å²) in [5, 5.41) is 5.93. The highest BCUT2D eigenvalue weighted by Gasteiger charge is 2.34. The van der Waals surface area contributed by atoms with Crippen LogP contribution in [0.2, 0.25) is 0 Å². The Balaban J connectivity index is 2.01. The van der Waals surface area contributed by atoms with Crippen LogP contribution in [0.25, 0.3) is 5.57 Å². The Bertz CT molecular complexity index is 1040. The molecule has 0 radical (unpaired) electrons. The molecule has 3 rings (SSSR count). The number of hydrogen-bond acceptors (Lipinski definition) is 5. The SMILES string of the molecule is CCN/C(N)=C(/C=C(\N)NC1=NC(CC)c2ccccc21)c1ccccc1C(F)(F)F. The Labute approximate surface area is 179 Å². The number of nitrogens with one attached hydrogen (secondary N) is 2. The van der Waals surface area contributed by atoms with Gasteiger partial charge in [-0.3, -0.25) is 4.99 Å². The number of nitrogens with zero attached hydrogens (tertiary/aromatic N) is 1. The molecule has 1 aliphatic rings. The summed E-state index contributed by atoms with van der Waals surface area (Å²) in [6.07, 6.45) is -2.30. The van der Waals surface area contributed by atoms with E-state index in [1.165, 1.54) is 24.3 Å². The summed E-state index contributed by atoms with van der Waals surface area (Å²) in [4.78, 5) is 4.67. The van der Waals surface area contributed by atoms with Crippen molar-refractivity contribution in [3.8, 4) is 0 Å². The Hall–Kier alpha value is -3.42. The number of nitrogens with two attached hydrogens (primary N) is 2. The van der Waals surface area contributed by atoms with Crippen molar-refractivity contribution in [1.29, 1.82) is 0 Å². The molecule has 1 aliphatic heterocycles. The van der Waals surface area contributed by atoms with Gasteiger partial charge in [-0.1, -0.05) is 49.4 Å². The second-order valence-electron chi connectivity index (χ2n) is 7.11. The average Bonchev–Trinajstić information content (AvgIpc) is 3.09. The minimum absolute atomic E-state index is 0.0132. The van der Waals surface area contributed by atoms with Crippen LogP contribution in [0.15, 0.2) is 71.2 Å². The summed E-state index contributed by atoms with van der Waals surface area (Å²) in [6.45, 7) is 4.29. The molecule has 164 valence electrons. The van der Waals surface area contributed by atoms with Crippen LogP contribution in [0.4, 0.5) is 13.2 Å². The van der Waals surface area contributed by atoms with Crippen LogP contribution in [-0.2, 0) is 6.18 Å². The van der Waals surface area contributed by atoms with Gasteiger partial charge >= 0.3 is 6.18 Å². The molecule has 0 saturated carbocycles. The van der Waals surface area contributed by atoms with Gasteiger partial charge in [-0.25, -0.2) is 0 Å². The zero-order valence-corrected chi connectivity index (χ0v) is 17.4. The number of allylic oxidation sites excluding steroid dienone is 2. The molecule has 0 aromatic heterocycles. The maximum atomic E-state index is 13.6. The number of benzene rings is 2. The molecule has 2 aromatic carbocycles. The standard InChI is InChI=1S/C23H26F3N5/c1-3-19-15-10-5-6-11-16(15)22(30-19)31-20(27)13-17(21(28)29-4-2)14-9-7-8-12-18(14)23(24,25)26/h5-13,19,29H,3-4,27-28H2,1-2H3,(H,30,31)/b20-13+,21-17-. The highest BCUT2D eigenvalue weighted by molar-refractivity contribution is 6.03. The maximum Gasteiger partial charge on any atom is 0.417 e. The molecule has 2 aromatic rings. The number of fused-ring (bicyclic) bond motifs is 1. The number of halogens is 3. The van der Waals surface area contributed by atoms with Gasteiger partial charge in [0, 0.05) is 17.7 Å². The fourth-order valence-electron chi connectivity index (χ4n) is 3.59. The topological polar surface area (TPSA) is 88.5 Å². The minimum Gasteiger partial charge on any atom is -0.385 e. The van der Waals surface area contributed by atoms with Gasteiger partial charge in [-0.15, -0.1) is 0 Å². The molecular formula is C23H26F3N5. The van der Waals surface area contributed by atoms with Crippen molar-refractivity contribution in [1.82, 2.24) is 10.6 Å². The van der Waals surface area contributed by atoms with Crippen LogP contribution >= 0.6 is 0 Å². The van der Waals surface area contributed by atoms with Crippen LogP contribution in [0.5, 0.6) is 0 Å². The van der Waals surface area contributed by atoms with Crippen molar-refractivity contribution < 1.29 is 13.2 Å². The molecule has 6 N–H and O–H groups in total. The summed E-state index contributed by atoms with van der Waals surface area (Å²) in [5.41, 5.74) is 13.6. The predicted octanol–water partition coefficient (Wildman–Crippen LogP) is 4.24. The van der Waals surface area contributed by atoms with Crippen LogP contribution in [-0.4, -0.2) is 12.4 Å². The molecular weight excluding hydrogens is 403 g/mol. The summed E-state index contributed by atoms with van der Waals surface area (Å²) >= 11 is 0. The molecule has 8 heteroatoms. The lowest BCUT2D eigenvalue weighted by atomic mass is 9.98. The second-order valence-corrected chi connectivity index (χ2v) is 7.11. The third kappa shape index (κ3) is 4.84. The largest absolute Gasteiger partial charge is 0.417 e. The first kappa shape index (κ1) is 22.3. The van der Waals surface area contributed by atoms with E-state index in [1.54, 1.807) is 6.92 Å². The first-order chi connectivity index (χ1) is 14.8. The van der Waals surface area contributed by atoms with Gasteiger partial charge in [0.25, 0.3) is 0 Å². The third-order valence-electron chi connectivity index (χ3n) is 4.99. The Morgan fingerprint density at radius 1 is 1.06 bits per heavy atom. The molecule has 0 bridgehead atoms. The number of rotatable bonds is 6. The van der Waals surface area contributed by atoms with Gasteiger partial charge in [-0.05, 0) is 36.6 Å². The highest BCUT2D eigenvalue weighted by atomic mass is 19.4. The molecule has 0 amide bonds. The van der Waals surface area contributed by atoms with Crippen molar-refractivity contribution >= 4 is 11.4 Å². The quantitative estimate of drug-likeness (QED) is 0.517. The molecule has 0 saturated heterocycles. The van der Waals surface area contributed by atoms with Crippen molar-refractivity contribution in [3.63, 3.8) is 0 Å². The van der Waals surface area contributed by atoms with Gasteiger partial charge in [0.15, 0.2) is 0 Å². The first-order valence-electron chi connectivity index (χ1n) is 10.1. The van der Waals surface area contributed by atoms with Crippen molar-refractivity contribution in [2.24, 2.45) is 16.5 Å². The van der Waals surface area contributed by atoms with Crippen molar-refractivity contribution in [3.05, 3.63) is 88.5 Å². The smallest absolute Gasteiger partial charge is 0.385 e. The predicted molar refractivity (Wildman–Crippen MR) is 118 cm³/mol. The lowest BCUT2D eigenvalue weighted by Gasteiger charge is -2.17. The Kier molecular flexibility index (Phi) is 6.58. The minimum atomic E-state index is -4.53. The molecule has 31 heavy (non-hydrogen) atoms. The van der Waals surface area contributed by atoms with Gasteiger partial charge in [0.05, 0.1) is 11.6 Å². The van der Waals surface area contributed by atoms with Crippen LogP contribution in [0, 0.1) is 0 Å². The molecule has 0 aliphatic carbocycles. The number of hydrogen-bond donors (Lipinski definition) is 4. The van der Waals surface area contributed by atoms with Crippen molar-refractivity contribution in [2.45, 2.75) is 32.5 Å². The summed E-state index contributed by atoms with van der Waals surface area (Å²) in [7, 11) is 0. The average molecular weight is 429 g/mol. The normalized spacial score (nSPS) is 17.0. The first-order valence-corrected chi connectivity index (χ1v) is 10.1. The summed E-state index contributed by atoms with van der Waals surface area (Å²) in [6, 6.07) is 13.1. The molecule has 0 fully saturated rings. The fraction of sp³-hybridized carbons (Fsp3) is 0.261. The number of amidine groups is 1. The van der Waals surface area contributed by atoms with E-state index in [-0.39, 0.29) is 28.8 Å². The van der Waals surface area contributed by atoms with E-state index in [0.717, 1.165) is 23.6 Å². The Morgan fingerprint density at radius 3 is 2.42 bits per heavy atom. The Morgan fingerprint density at radius 2 is 1.74 bits per heavy atom. The van der Waals surface area contributed by atoms with E-state index in [4.69, 9.17) is 11.5 Å².